The second-order valence-corrected chi connectivity index (χ2v) is 13.7. The Morgan fingerprint density at radius 3 is 2.24 bits per heavy atom. The van der Waals surface area contributed by atoms with Crippen LogP contribution in [0.3, 0.4) is 0 Å². The highest BCUT2D eigenvalue weighted by Crippen LogP contribution is 2.43. The number of hydrogen-bond donors (Lipinski definition) is 5. The van der Waals surface area contributed by atoms with Crippen molar-refractivity contribution < 1.29 is 29.3 Å². The molecule has 51 heavy (non-hydrogen) atoms. The Bertz CT molecular complexity index is 2040. The molecular formula is C40H51N5O6. The van der Waals surface area contributed by atoms with Crippen molar-refractivity contribution in [2.45, 2.75) is 111 Å². The molecule has 3 aromatic heterocycles. The van der Waals surface area contributed by atoms with Crippen molar-refractivity contribution >= 4 is 51.1 Å². The fourth-order valence-electron chi connectivity index (χ4n) is 7.43. The topological polar surface area (TPSA) is 170 Å². The van der Waals surface area contributed by atoms with Gasteiger partial charge in [0, 0.05) is 63.7 Å². The maximum atomic E-state index is 14.1. The third-order valence-corrected chi connectivity index (χ3v) is 10.5. The van der Waals surface area contributed by atoms with Gasteiger partial charge in [0.2, 0.25) is 0 Å². The number of amides is 1. The van der Waals surface area contributed by atoms with Crippen molar-refractivity contribution in [3.63, 3.8) is 0 Å². The Morgan fingerprint density at radius 1 is 0.902 bits per heavy atom. The molecule has 8 bridgehead atoms. The fraction of sp³-hybridized carbons (Fsp3) is 0.475. The van der Waals surface area contributed by atoms with Gasteiger partial charge in [-0.25, -0.2) is 4.98 Å². The van der Waals surface area contributed by atoms with E-state index in [1.54, 1.807) is 0 Å². The van der Waals surface area contributed by atoms with Crippen molar-refractivity contribution in [3.8, 4) is 0 Å². The molecule has 3 aromatic rings. The lowest BCUT2D eigenvalue weighted by molar-refractivity contribution is -0.140. The number of hydrogen-bond acceptors (Lipinski definition) is 7. The Hall–Kier alpha value is -4.77. The number of H-pyrrole nitrogens is 2. The van der Waals surface area contributed by atoms with Crippen molar-refractivity contribution in [3.05, 3.63) is 68.8 Å². The molecule has 11 heteroatoms. The molecule has 1 amide bonds. The number of nitrogens with zero attached hydrogens (tertiary/aromatic N) is 2. The quantitative estimate of drug-likeness (QED) is 0.0932. The van der Waals surface area contributed by atoms with Crippen molar-refractivity contribution in [1.29, 1.82) is 0 Å². The zero-order valence-electron chi connectivity index (χ0n) is 30.9. The van der Waals surface area contributed by atoms with Gasteiger partial charge < -0.3 is 30.2 Å². The van der Waals surface area contributed by atoms with E-state index in [0.29, 0.717) is 46.0 Å². The molecule has 0 saturated carbocycles. The number of carbonyl (C=O) groups is 3. The van der Waals surface area contributed by atoms with Crippen molar-refractivity contribution in [1.82, 2.24) is 25.3 Å². The number of fused-ring (bicyclic) bond motifs is 8. The first-order valence-electron chi connectivity index (χ1n) is 18.1. The molecular weight excluding hydrogens is 646 g/mol. The van der Waals surface area contributed by atoms with Crippen LogP contribution in [0.5, 0.6) is 0 Å². The first-order valence-corrected chi connectivity index (χ1v) is 18.1. The maximum Gasteiger partial charge on any atom is 0.310 e. The number of aromatic nitrogens is 4. The minimum Gasteiger partial charge on any atom is -0.481 e. The largest absolute Gasteiger partial charge is 0.481 e. The lowest BCUT2D eigenvalue weighted by atomic mass is 9.84. The number of nitrogens with one attached hydrogen (secondary N) is 3. The van der Waals surface area contributed by atoms with E-state index in [-0.39, 0.29) is 43.6 Å². The lowest BCUT2D eigenvalue weighted by Gasteiger charge is -2.18. The van der Waals surface area contributed by atoms with Crippen LogP contribution in [0, 0.1) is 13.8 Å². The second-order valence-electron chi connectivity index (χ2n) is 13.7. The van der Waals surface area contributed by atoms with Crippen LogP contribution in [-0.2, 0) is 38.6 Å². The van der Waals surface area contributed by atoms with Crippen LogP contribution in [0.2, 0.25) is 0 Å². The third-order valence-electron chi connectivity index (χ3n) is 10.5. The summed E-state index contributed by atoms with van der Waals surface area (Å²) >= 11 is 0. The number of allylic oxidation sites excluding steroid dienone is 1. The number of carboxylic acid groups (broad SMARTS) is 1. The number of methoxy groups -OCH3 is 1. The molecule has 5 N–H and O–H groups in total. The highest BCUT2D eigenvalue weighted by molar-refractivity contribution is 6.27. The monoisotopic (exact) mass is 697 g/mol. The maximum absolute atomic E-state index is 14.1. The van der Waals surface area contributed by atoms with Crippen LogP contribution in [0.4, 0.5) is 0 Å². The van der Waals surface area contributed by atoms with E-state index in [1.165, 1.54) is 7.11 Å². The van der Waals surface area contributed by atoms with Crippen LogP contribution >= 0.6 is 0 Å². The Labute approximate surface area is 299 Å². The molecule has 0 aromatic carbocycles. The normalized spacial score (nSPS) is 15.7. The van der Waals surface area contributed by atoms with Gasteiger partial charge in [-0.05, 0) is 80.5 Å². The highest BCUT2D eigenvalue weighted by Gasteiger charge is 2.35. The molecule has 2 unspecified atom stereocenters. The van der Waals surface area contributed by atoms with E-state index in [0.717, 1.165) is 76.4 Å². The smallest absolute Gasteiger partial charge is 0.310 e. The summed E-state index contributed by atoms with van der Waals surface area (Å²) in [5.41, 5.74) is 10.7. The third kappa shape index (κ3) is 7.63. The molecule has 0 saturated heterocycles. The van der Waals surface area contributed by atoms with E-state index in [2.05, 4.69) is 36.1 Å². The number of aromatic amines is 2. The molecule has 11 nitrogen and oxygen atoms in total. The summed E-state index contributed by atoms with van der Waals surface area (Å²) in [6.45, 7) is 12.4. The van der Waals surface area contributed by atoms with E-state index in [4.69, 9.17) is 14.7 Å². The molecule has 2 atom stereocenters. The molecule has 0 aliphatic carbocycles. The summed E-state index contributed by atoms with van der Waals surface area (Å²) in [5.74, 6) is -2.35. The van der Waals surface area contributed by atoms with E-state index >= 15 is 0 Å². The second kappa shape index (κ2) is 16.1. The van der Waals surface area contributed by atoms with Crippen LogP contribution in [0.25, 0.3) is 33.2 Å². The van der Waals surface area contributed by atoms with Gasteiger partial charge in [0.25, 0.3) is 5.91 Å². The van der Waals surface area contributed by atoms with Gasteiger partial charge in [0.05, 0.1) is 42.8 Å². The summed E-state index contributed by atoms with van der Waals surface area (Å²) in [6.07, 6.45) is 4.72. The molecule has 0 radical (unpaired) electrons. The summed E-state index contributed by atoms with van der Waals surface area (Å²) in [7, 11) is 1.32. The molecule has 272 valence electrons. The predicted octanol–water partition coefficient (Wildman–Crippen LogP) is 7.08. The van der Waals surface area contributed by atoms with Gasteiger partial charge in [0.15, 0.2) is 0 Å². The lowest BCUT2D eigenvalue weighted by Crippen LogP contribution is -2.26. The number of aliphatic hydroxyl groups is 1. The Morgan fingerprint density at radius 2 is 1.59 bits per heavy atom. The zero-order chi connectivity index (χ0) is 37.0. The number of rotatable bonds is 13. The molecule has 5 heterocycles. The Balaban J connectivity index is 1.93. The van der Waals surface area contributed by atoms with Gasteiger partial charge in [-0.1, -0.05) is 40.0 Å². The summed E-state index contributed by atoms with van der Waals surface area (Å²) in [4.78, 5) is 56.5. The molecule has 2 aliphatic rings. The molecule has 2 aliphatic heterocycles. The first-order chi connectivity index (χ1) is 24.4. The van der Waals surface area contributed by atoms with Gasteiger partial charge in [-0.2, -0.15) is 0 Å². The number of aryl methyl sites for hydroxylation is 3. The van der Waals surface area contributed by atoms with Gasteiger partial charge in [-0.15, -0.1) is 0 Å². The number of ether oxygens (including phenoxy) is 1. The zero-order valence-corrected chi connectivity index (χ0v) is 30.9. The number of esters is 1. The SMILES string of the molecule is CCCCCCNC(=O)C1=C(C)c2cc3[nH]c(cc4[nH]c(cc5nc(c(CC(=O)OC)c1n2)C(CCC(=O)O)C5C)c(C)c4CO)c(C)c3CC. The first kappa shape index (κ1) is 37.5. The van der Waals surface area contributed by atoms with Crippen LogP contribution in [0.15, 0.2) is 18.2 Å². The number of carbonyl (C=O) groups excluding carboxylic acids is 2. The summed E-state index contributed by atoms with van der Waals surface area (Å²) < 4.78 is 5.17. The van der Waals surface area contributed by atoms with Gasteiger partial charge in [-0.3, -0.25) is 19.4 Å². The average Bonchev–Trinajstić information content (AvgIpc) is 3.78. The fourth-order valence-corrected chi connectivity index (χ4v) is 7.43. The van der Waals surface area contributed by atoms with Gasteiger partial charge >= 0.3 is 11.9 Å². The summed E-state index contributed by atoms with van der Waals surface area (Å²) in [5, 5.41) is 23.3. The highest BCUT2D eigenvalue weighted by atomic mass is 16.5. The van der Waals surface area contributed by atoms with Gasteiger partial charge in [0.1, 0.15) is 0 Å². The van der Waals surface area contributed by atoms with Crippen LogP contribution < -0.4 is 5.32 Å². The minimum atomic E-state index is -0.936. The average molecular weight is 698 g/mol. The molecule has 0 fully saturated rings. The standard InChI is InChI=1S/C40H51N5O6/c1-8-10-11-12-15-41-40(50)37-24(6)32-19-33-25(9-2)21(3)30(42-33)18-34-28(20-46)23(5)29(43-34)17-31-22(4)26(13-14-35(47)48)38(44-31)27(39(37)45-32)16-36(49)51-7/h17-19,22,26,42-43,46H,8-16,20H2,1-7H3,(H,41,50)(H,47,48). The number of carboxylic acids is 1. The van der Waals surface area contributed by atoms with E-state index in [1.807, 2.05) is 39.0 Å². The van der Waals surface area contributed by atoms with E-state index in [9.17, 15) is 24.6 Å². The summed E-state index contributed by atoms with van der Waals surface area (Å²) in [6, 6.07) is 5.90. The van der Waals surface area contributed by atoms with E-state index < -0.39 is 11.9 Å². The number of aliphatic carboxylic acids is 1. The molecule has 5 rings (SSSR count). The number of unbranched alkanes of at least 4 members (excludes halogenated alkanes) is 3. The predicted molar refractivity (Wildman–Crippen MR) is 199 cm³/mol. The van der Waals surface area contributed by atoms with Crippen molar-refractivity contribution in [2.24, 2.45) is 0 Å². The Kier molecular flexibility index (Phi) is 11.8. The van der Waals surface area contributed by atoms with Crippen LogP contribution in [-0.4, -0.2) is 61.6 Å². The number of aliphatic hydroxyl groups excluding tert-OH is 1. The van der Waals surface area contributed by atoms with Crippen molar-refractivity contribution in [2.75, 3.05) is 13.7 Å². The minimum absolute atomic E-state index is 0.103. The van der Waals surface area contributed by atoms with Crippen LogP contribution in [0.1, 0.15) is 129 Å². The molecule has 0 spiro atoms.